The molecule has 1 spiro atoms. The van der Waals surface area contributed by atoms with E-state index in [9.17, 15) is 25.5 Å². The topological polar surface area (TPSA) is 114 Å². The van der Waals surface area contributed by atoms with Crippen LogP contribution in [0.4, 0.5) is 0 Å². The highest BCUT2D eigenvalue weighted by atomic mass is 16.5. The number of methoxy groups -OCH3 is 1. The molecule has 0 aromatic rings. The van der Waals surface area contributed by atoms with Crippen molar-refractivity contribution in [3.8, 4) is 0 Å². The van der Waals surface area contributed by atoms with Crippen molar-refractivity contribution in [1.82, 2.24) is 4.90 Å². The molecule has 0 aromatic carbocycles. The zero-order chi connectivity index (χ0) is 20.8. The lowest BCUT2D eigenvalue weighted by atomic mass is 9.41. The zero-order valence-electron chi connectivity index (χ0n) is 17.6. The predicted octanol–water partition coefficient (Wildman–Crippen LogP) is -0.520. The van der Waals surface area contributed by atoms with E-state index in [2.05, 4.69) is 18.7 Å². The van der Waals surface area contributed by atoms with Crippen molar-refractivity contribution in [2.75, 3.05) is 20.2 Å². The molecule has 12 atom stereocenters. The molecule has 5 saturated carbocycles. The van der Waals surface area contributed by atoms with Crippen LogP contribution in [0.25, 0.3) is 0 Å². The van der Waals surface area contributed by atoms with Crippen LogP contribution in [0.3, 0.4) is 0 Å². The molecule has 5 N–H and O–H groups in total. The van der Waals surface area contributed by atoms with Gasteiger partial charge in [0, 0.05) is 37.3 Å². The first kappa shape index (κ1) is 19.4. The van der Waals surface area contributed by atoms with Crippen LogP contribution >= 0.6 is 0 Å². The lowest BCUT2D eigenvalue weighted by Gasteiger charge is -2.71. The number of rotatable bonds is 2. The van der Waals surface area contributed by atoms with Gasteiger partial charge in [-0.2, -0.15) is 0 Å². The van der Waals surface area contributed by atoms with Crippen LogP contribution in [0.15, 0.2) is 0 Å². The first-order chi connectivity index (χ1) is 13.6. The minimum absolute atomic E-state index is 0.00662. The number of hydrogen-bond donors (Lipinski definition) is 5. The van der Waals surface area contributed by atoms with Crippen LogP contribution in [-0.4, -0.2) is 91.8 Å². The summed E-state index contributed by atoms with van der Waals surface area (Å²) in [6.45, 7) is 5.86. The quantitative estimate of drug-likeness (QED) is 0.417. The van der Waals surface area contributed by atoms with Crippen molar-refractivity contribution >= 4 is 0 Å². The van der Waals surface area contributed by atoms with Gasteiger partial charge in [0.15, 0.2) is 0 Å². The molecule has 7 bridgehead atoms. The Kier molecular flexibility index (Phi) is 3.48. The van der Waals surface area contributed by atoms with Crippen LogP contribution in [0.5, 0.6) is 0 Å². The molecule has 6 aliphatic rings. The van der Waals surface area contributed by atoms with Crippen molar-refractivity contribution in [1.29, 1.82) is 0 Å². The van der Waals surface area contributed by atoms with E-state index >= 15 is 0 Å². The third kappa shape index (κ3) is 1.61. The number of ether oxygens (including phenoxy) is 1. The van der Waals surface area contributed by atoms with Crippen molar-refractivity contribution < 1.29 is 30.3 Å². The van der Waals surface area contributed by atoms with E-state index in [4.69, 9.17) is 4.74 Å². The van der Waals surface area contributed by atoms with Gasteiger partial charge in [-0.15, -0.1) is 0 Å². The van der Waals surface area contributed by atoms with Gasteiger partial charge in [0.1, 0.15) is 16.8 Å². The third-order valence-electron chi connectivity index (χ3n) is 10.9. The van der Waals surface area contributed by atoms with Crippen LogP contribution in [0.2, 0.25) is 0 Å². The van der Waals surface area contributed by atoms with E-state index in [1.54, 1.807) is 7.11 Å². The molecule has 29 heavy (non-hydrogen) atoms. The average Bonchev–Trinajstić information content (AvgIpc) is 3.04. The second kappa shape index (κ2) is 5.20. The number of aliphatic hydroxyl groups is 5. The molecule has 1 aliphatic heterocycles. The number of nitrogens with zero attached hydrogens (tertiary/aromatic N) is 1. The van der Waals surface area contributed by atoms with Gasteiger partial charge in [0.2, 0.25) is 0 Å². The van der Waals surface area contributed by atoms with Crippen LogP contribution < -0.4 is 0 Å². The molecule has 6 fully saturated rings. The molecule has 5 aliphatic carbocycles. The molecule has 1 heterocycles. The SMILES string of the molecule is CCN1C[C@]2(C)CC[C@H](O)[C@@]34[C@@H]2C[C@](O)([C@@H]13)[C@@]1(O)C[C@H](OC)[C@H]2C[C@H]4[C@]1(O)[C@H]2O. The molecular formula is C22H35NO6. The number of aliphatic hydroxyl groups excluding tert-OH is 2. The molecule has 1 saturated heterocycles. The first-order valence-electron chi connectivity index (χ1n) is 11.4. The van der Waals surface area contributed by atoms with Crippen LogP contribution in [0.1, 0.15) is 46.0 Å². The molecule has 164 valence electrons. The smallest absolute Gasteiger partial charge is 0.129 e. The van der Waals surface area contributed by atoms with Gasteiger partial charge in [0.05, 0.1) is 24.4 Å². The summed E-state index contributed by atoms with van der Waals surface area (Å²) in [7, 11) is 1.57. The number of fused-ring (bicyclic) bond motifs is 2. The number of likely N-dealkylation sites (tertiary alicyclic amines) is 1. The highest BCUT2D eigenvalue weighted by Crippen LogP contribution is 2.80. The summed E-state index contributed by atoms with van der Waals surface area (Å²) in [5, 5.41) is 59.4. The lowest BCUT2D eigenvalue weighted by Crippen LogP contribution is -2.87. The minimum atomic E-state index is -1.87. The van der Waals surface area contributed by atoms with Crippen molar-refractivity contribution in [3.05, 3.63) is 0 Å². The summed E-state index contributed by atoms with van der Waals surface area (Å²) < 4.78 is 5.66. The van der Waals surface area contributed by atoms with E-state index < -0.39 is 52.5 Å². The van der Waals surface area contributed by atoms with Gasteiger partial charge in [-0.1, -0.05) is 13.8 Å². The highest BCUT2D eigenvalue weighted by Gasteiger charge is 2.91. The molecule has 6 rings (SSSR count). The Morgan fingerprint density at radius 3 is 2.48 bits per heavy atom. The maximum absolute atomic E-state index is 12.3. The fourth-order valence-corrected chi connectivity index (χ4v) is 10.1. The van der Waals surface area contributed by atoms with Crippen molar-refractivity contribution in [2.45, 2.75) is 87.1 Å². The summed E-state index contributed by atoms with van der Waals surface area (Å²) in [5.74, 6) is -0.766. The molecule has 0 unspecified atom stereocenters. The Bertz CT molecular complexity index is 766. The largest absolute Gasteiger partial charge is 0.392 e. The minimum Gasteiger partial charge on any atom is -0.392 e. The van der Waals surface area contributed by atoms with Gasteiger partial charge < -0.3 is 30.3 Å². The Morgan fingerprint density at radius 1 is 1.10 bits per heavy atom. The molecule has 0 radical (unpaired) electrons. The summed E-state index contributed by atoms with van der Waals surface area (Å²) >= 11 is 0. The Hall–Kier alpha value is -0.280. The fourth-order valence-electron chi connectivity index (χ4n) is 10.1. The second-order valence-electron chi connectivity index (χ2n) is 11.4. The standard InChI is InChI=1S/C22H35NO6/c1-4-23-10-18(2)6-5-15(24)21-13-7-11-12(29-3)8-20(27,22(13,28)16(11)25)19(26,17(21)23)9-14(18)21/h11-17,24-28H,4-10H2,1-3H3/t11-,12+,13-,14-,15+,16+,17-,18+,19+,20+,21-,22+/m1/s1. The Labute approximate surface area is 171 Å². The number of hydrogen-bond acceptors (Lipinski definition) is 7. The molecule has 7 nitrogen and oxygen atoms in total. The second-order valence-corrected chi connectivity index (χ2v) is 11.4. The van der Waals surface area contributed by atoms with Crippen LogP contribution in [-0.2, 0) is 4.74 Å². The predicted molar refractivity (Wildman–Crippen MR) is 103 cm³/mol. The number of likely N-dealkylation sites (N-methyl/N-ethyl adjacent to an activating group) is 1. The monoisotopic (exact) mass is 409 g/mol. The molecular weight excluding hydrogens is 374 g/mol. The van der Waals surface area contributed by atoms with Gasteiger partial charge in [-0.05, 0) is 43.6 Å². The number of piperidine rings is 1. The first-order valence-corrected chi connectivity index (χ1v) is 11.4. The zero-order valence-corrected chi connectivity index (χ0v) is 17.6. The Morgan fingerprint density at radius 2 is 1.83 bits per heavy atom. The van der Waals surface area contributed by atoms with E-state index in [1.807, 2.05) is 0 Å². The van der Waals surface area contributed by atoms with Gasteiger partial charge in [0.25, 0.3) is 0 Å². The normalized spacial score (nSPS) is 67.7. The maximum atomic E-state index is 12.3. The Balaban J connectivity index is 1.67. The highest BCUT2D eigenvalue weighted by molar-refractivity contribution is 5.42. The molecule has 0 aromatic heterocycles. The van der Waals surface area contributed by atoms with E-state index in [1.165, 1.54) is 0 Å². The van der Waals surface area contributed by atoms with Gasteiger partial charge in [-0.3, -0.25) is 4.90 Å². The average molecular weight is 410 g/mol. The van der Waals surface area contributed by atoms with E-state index in [0.717, 1.165) is 13.0 Å². The van der Waals surface area contributed by atoms with Crippen molar-refractivity contribution in [2.24, 2.45) is 28.6 Å². The lowest BCUT2D eigenvalue weighted by molar-refractivity contribution is -0.364. The summed E-state index contributed by atoms with van der Waals surface area (Å²) in [4.78, 5) is 2.25. The third-order valence-corrected chi connectivity index (χ3v) is 10.9. The fraction of sp³-hybridized carbons (Fsp3) is 1.00. The van der Waals surface area contributed by atoms with Crippen molar-refractivity contribution in [3.63, 3.8) is 0 Å². The summed E-state index contributed by atoms with van der Waals surface area (Å²) in [5.41, 5.74) is -6.12. The van der Waals surface area contributed by atoms with E-state index in [0.29, 0.717) is 25.8 Å². The van der Waals surface area contributed by atoms with Gasteiger partial charge in [-0.25, -0.2) is 0 Å². The maximum Gasteiger partial charge on any atom is 0.129 e. The van der Waals surface area contributed by atoms with Crippen LogP contribution in [0, 0.1) is 28.6 Å². The molecule has 0 amide bonds. The van der Waals surface area contributed by atoms with E-state index in [-0.39, 0.29) is 23.7 Å². The molecule has 7 heteroatoms. The van der Waals surface area contributed by atoms with Gasteiger partial charge >= 0.3 is 0 Å². The summed E-state index contributed by atoms with van der Waals surface area (Å²) in [6, 6.07) is -0.426. The summed E-state index contributed by atoms with van der Waals surface area (Å²) in [6.07, 6.45) is 0.207.